The molecule has 0 unspecified atom stereocenters. The number of nitrogens with zero attached hydrogens (tertiary/aromatic N) is 1. The smallest absolute Gasteiger partial charge is 0.324 e. The van der Waals surface area contributed by atoms with Crippen molar-refractivity contribution in [2.45, 2.75) is 6.18 Å². The van der Waals surface area contributed by atoms with Gasteiger partial charge in [-0.25, -0.2) is 8.42 Å². The summed E-state index contributed by atoms with van der Waals surface area (Å²) in [5.74, 6) is -0.938. The minimum atomic E-state index is -4.66. The average Bonchev–Trinajstić information content (AvgIpc) is 2.52. The molecule has 0 fully saturated rings. The third kappa shape index (κ3) is 4.89. The number of halogens is 4. The zero-order valence-electron chi connectivity index (χ0n) is 13.4. The minimum absolute atomic E-state index is 0.0518. The van der Waals surface area contributed by atoms with Gasteiger partial charge in [0.05, 0.1) is 28.2 Å². The lowest BCUT2D eigenvalue weighted by Crippen LogP contribution is -2.37. The number of para-hydroxylation sites is 2. The van der Waals surface area contributed by atoms with Gasteiger partial charge in [0.2, 0.25) is 15.9 Å². The van der Waals surface area contributed by atoms with Crippen LogP contribution >= 0.6 is 11.6 Å². The lowest BCUT2D eigenvalue weighted by molar-refractivity contribution is -0.137. The second-order valence-corrected chi connectivity index (χ2v) is 7.63. The monoisotopic (exact) mass is 406 g/mol. The Bertz CT molecular complexity index is 917. The van der Waals surface area contributed by atoms with Crippen LogP contribution in [0.25, 0.3) is 0 Å². The molecule has 0 saturated heterocycles. The number of alkyl halides is 3. The Kier molecular flexibility index (Phi) is 5.82. The molecule has 26 heavy (non-hydrogen) atoms. The molecule has 0 radical (unpaired) electrons. The molecule has 2 rings (SSSR count). The van der Waals surface area contributed by atoms with E-state index in [2.05, 4.69) is 5.32 Å². The molecule has 0 aliphatic rings. The van der Waals surface area contributed by atoms with Crippen molar-refractivity contribution >= 4 is 38.9 Å². The molecular weight excluding hydrogens is 393 g/mol. The van der Waals surface area contributed by atoms with Crippen molar-refractivity contribution in [1.82, 2.24) is 0 Å². The highest BCUT2D eigenvalue weighted by Crippen LogP contribution is 2.34. The van der Waals surface area contributed by atoms with Crippen molar-refractivity contribution in [2.75, 3.05) is 22.4 Å². The van der Waals surface area contributed by atoms with Crippen LogP contribution in [0.2, 0.25) is 5.02 Å². The summed E-state index contributed by atoms with van der Waals surface area (Å²) in [4.78, 5) is 12.2. The molecule has 0 saturated carbocycles. The highest BCUT2D eigenvalue weighted by atomic mass is 35.5. The number of nitrogens with one attached hydrogen (secondary N) is 1. The highest BCUT2D eigenvalue weighted by molar-refractivity contribution is 7.92. The van der Waals surface area contributed by atoms with Gasteiger partial charge in [0.15, 0.2) is 0 Å². The second kappa shape index (κ2) is 7.55. The van der Waals surface area contributed by atoms with E-state index in [9.17, 15) is 26.4 Å². The maximum atomic E-state index is 13.0. The number of hydrogen-bond acceptors (Lipinski definition) is 3. The summed E-state index contributed by atoms with van der Waals surface area (Å²) in [5, 5.41) is 2.19. The van der Waals surface area contributed by atoms with Crippen LogP contribution in [0.1, 0.15) is 5.56 Å². The van der Waals surface area contributed by atoms with E-state index >= 15 is 0 Å². The number of anilines is 2. The molecule has 1 N–H and O–H groups in total. The summed E-state index contributed by atoms with van der Waals surface area (Å²) >= 11 is 5.97. The molecule has 10 heteroatoms. The number of benzene rings is 2. The summed E-state index contributed by atoms with van der Waals surface area (Å²) in [6, 6.07) is 10.3. The SMILES string of the molecule is CS(=O)(=O)N(CC(=O)Nc1ccccc1C(F)(F)F)c1ccccc1Cl. The Morgan fingerprint density at radius 3 is 2.27 bits per heavy atom. The highest BCUT2D eigenvalue weighted by Gasteiger charge is 2.34. The topological polar surface area (TPSA) is 66.5 Å². The number of amides is 1. The molecular formula is C16H14ClF3N2O3S. The number of carbonyl (C=O) groups excluding carboxylic acids is 1. The normalized spacial score (nSPS) is 11.9. The predicted molar refractivity (Wildman–Crippen MR) is 93.7 cm³/mol. The Morgan fingerprint density at radius 2 is 1.69 bits per heavy atom. The van der Waals surface area contributed by atoms with E-state index < -0.39 is 39.9 Å². The quantitative estimate of drug-likeness (QED) is 0.822. The van der Waals surface area contributed by atoms with E-state index in [-0.39, 0.29) is 10.7 Å². The van der Waals surface area contributed by atoms with E-state index in [1.54, 1.807) is 6.07 Å². The van der Waals surface area contributed by atoms with E-state index in [1.165, 1.54) is 30.3 Å². The largest absolute Gasteiger partial charge is 0.418 e. The van der Waals surface area contributed by atoms with Crippen molar-refractivity contribution < 1.29 is 26.4 Å². The first-order valence-electron chi connectivity index (χ1n) is 7.18. The molecule has 0 atom stereocenters. The van der Waals surface area contributed by atoms with Crippen molar-refractivity contribution in [3.05, 3.63) is 59.1 Å². The zero-order valence-corrected chi connectivity index (χ0v) is 15.0. The first kappa shape index (κ1) is 20.1. The standard InChI is InChI=1S/C16H14ClF3N2O3S/c1-26(24,25)22(14-9-5-3-7-12(14)17)10-15(23)21-13-8-4-2-6-11(13)16(18,19)20/h2-9H,10H2,1H3,(H,21,23). The van der Waals surface area contributed by atoms with Gasteiger partial charge in [-0.1, -0.05) is 35.9 Å². The predicted octanol–water partition coefficient (Wildman–Crippen LogP) is 3.76. The van der Waals surface area contributed by atoms with Crippen LogP contribution in [-0.4, -0.2) is 27.1 Å². The second-order valence-electron chi connectivity index (χ2n) is 5.31. The van der Waals surface area contributed by atoms with Crippen LogP contribution < -0.4 is 9.62 Å². The van der Waals surface area contributed by atoms with Crippen LogP contribution in [0.15, 0.2) is 48.5 Å². The lowest BCUT2D eigenvalue weighted by Gasteiger charge is -2.23. The van der Waals surface area contributed by atoms with Crippen LogP contribution in [-0.2, 0) is 21.0 Å². The Labute approximate surface area is 153 Å². The fourth-order valence-electron chi connectivity index (χ4n) is 2.19. The van der Waals surface area contributed by atoms with Crippen LogP contribution in [0.3, 0.4) is 0 Å². The maximum absolute atomic E-state index is 13.0. The molecule has 2 aromatic rings. The summed E-state index contributed by atoms with van der Waals surface area (Å²) in [6.07, 6.45) is -3.80. The minimum Gasteiger partial charge on any atom is -0.324 e. The number of rotatable bonds is 5. The molecule has 0 bridgehead atoms. The molecule has 140 valence electrons. The number of sulfonamides is 1. The fraction of sp³-hybridized carbons (Fsp3) is 0.188. The van der Waals surface area contributed by atoms with E-state index in [0.29, 0.717) is 0 Å². The molecule has 0 spiro atoms. The van der Waals surface area contributed by atoms with Crippen molar-refractivity contribution in [1.29, 1.82) is 0 Å². The Hall–Kier alpha value is -2.26. The van der Waals surface area contributed by atoms with E-state index in [1.807, 2.05) is 0 Å². The van der Waals surface area contributed by atoms with Gasteiger partial charge in [-0.2, -0.15) is 13.2 Å². The first-order valence-corrected chi connectivity index (χ1v) is 9.41. The summed E-state index contributed by atoms with van der Waals surface area (Å²) < 4.78 is 63.7. The maximum Gasteiger partial charge on any atom is 0.418 e. The summed E-state index contributed by atoms with van der Waals surface area (Å²) in [7, 11) is -3.90. The van der Waals surface area contributed by atoms with Crippen molar-refractivity contribution in [2.24, 2.45) is 0 Å². The zero-order chi connectivity index (χ0) is 19.5. The molecule has 0 aliphatic carbocycles. The van der Waals surface area contributed by atoms with Gasteiger partial charge in [0.1, 0.15) is 6.54 Å². The Morgan fingerprint density at radius 1 is 1.12 bits per heavy atom. The average molecular weight is 407 g/mol. The van der Waals surface area contributed by atoms with Gasteiger partial charge < -0.3 is 5.32 Å². The fourth-order valence-corrected chi connectivity index (χ4v) is 3.35. The van der Waals surface area contributed by atoms with Gasteiger partial charge in [0, 0.05) is 0 Å². The molecule has 0 aliphatic heterocycles. The molecule has 1 amide bonds. The molecule has 2 aromatic carbocycles. The summed E-state index contributed by atoms with van der Waals surface area (Å²) in [6.45, 7) is -0.727. The van der Waals surface area contributed by atoms with Crippen molar-refractivity contribution in [3.8, 4) is 0 Å². The first-order chi connectivity index (χ1) is 12.0. The van der Waals surface area contributed by atoms with Crippen LogP contribution in [0, 0.1) is 0 Å². The molecule has 0 heterocycles. The van der Waals surface area contributed by atoms with Gasteiger partial charge in [-0.05, 0) is 24.3 Å². The third-order valence-corrected chi connectivity index (χ3v) is 4.76. The van der Waals surface area contributed by atoms with Crippen molar-refractivity contribution in [3.63, 3.8) is 0 Å². The Balaban J connectivity index is 2.29. The van der Waals surface area contributed by atoms with Crippen LogP contribution in [0.5, 0.6) is 0 Å². The van der Waals surface area contributed by atoms with Gasteiger partial charge >= 0.3 is 6.18 Å². The number of hydrogen-bond donors (Lipinski definition) is 1. The molecule has 0 aromatic heterocycles. The van der Waals surface area contributed by atoms with E-state index in [4.69, 9.17) is 11.6 Å². The van der Waals surface area contributed by atoms with Gasteiger partial charge in [0.25, 0.3) is 0 Å². The van der Waals surface area contributed by atoms with Gasteiger partial charge in [-0.3, -0.25) is 9.10 Å². The molecule has 5 nitrogen and oxygen atoms in total. The summed E-state index contributed by atoms with van der Waals surface area (Å²) in [5.41, 5.74) is -1.44. The lowest BCUT2D eigenvalue weighted by atomic mass is 10.1. The third-order valence-electron chi connectivity index (χ3n) is 3.32. The number of carbonyl (C=O) groups is 1. The van der Waals surface area contributed by atoms with Crippen LogP contribution in [0.4, 0.5) is 24.5 Å². The van der Waals surface area contributed by atoms with Gasteiger partial charge in [-0.15, -0.1) is 0 Å². The van der Waals surface area contributed by atoms with E-state index in [0.717, 1.165) is 22.7 Å².